The van der Waals surface area contributed by atoms with Crippen molar-refractivity contribution in [3.8, 4) is 0 Å². The summed E-state index contributed by atoms with van der Waals surface area (Å²) in [5.41, 5.74) is 2.73. The van der Waals surface area contributed by atoms with E-state index in [1.54, 1.807) is 29.9 Å². The molecule has 0 saturated heterocycles. The summed E-state index contributed by atoms with van der Waals surface area (Å²) in [6, 6.07) is 5.21. The lowest BCUT2D eigenvalue weighted by molar-refractivity contribution is -0.140. The average Bonchev–Trinajstić information content (AvgIpc) is 3.00. The van der Waals surface area contributed by atoms with Crippen molar-refractivity contribution in [2.24, 2.45) is 0 Å². The molecule has 0 fully saturated rings. The molecule has 7 heteroatoms. The van der Waals surface area contributed by atoms with Crippen molar-refractivity contribution in [3.05, 3.63) is 57.1 Å². The van der Waals surface area contributed by atoms with Gasteiger partial charge in [-0.15, -0.1) is 0 Å². The van der Waals surface area contributed by atoms with Gasteiger partial charge in [0.05, 0.1) is 25.0 Å². The van der Waals surface area contributed by atoms with Gasteiger partial charge in [0.2, 0.25) is 5.83 Å². The third kappa shape index (κ3) is 3.72. The predicted octanol–water partition coefficient (Wildman–Crippen LogP) is 4.82. The summed E-state index contributed by atoms with van der Waals surface area (Å²) < 4.78 is 21.1. The molecule has 0 aliphatic heterocycles. The van der Waals surface area contributed by atoms with E-state index in [1.807, 2.05) is 6.07 Å². The van der Waals surface area contributed by atoms with Crippen molar-refractivity contribution in [2.75, 3.05) is 6.61 Å². The molecule has 0 bridgehead atoms. The van der Waals surface area contributed by atoms with Crippen LogP contribution in [0.1, 0.15) is 36.6 Å². The Morgan fingerprint density at radius 1 is 1.36 bits per heavy atom. The second-order valence-corrected chi connectivity index (χ2v) is 6.62. The van der Waals surface area contributed by atoms with Gasteiger partial charge in [0.15, 0.2) is 0 Å². The zero-order valence-corrected chi connectivity index (χ0v) is 15.2. The quantitative estimate of drug-likeness (QED) is 0.562. The standard InChI is InChI=1S/C18H17Cl2FN2O2/c1-2-25-18(24)16(21)14-5-3-4-11-9-22-23(17(11)14)10-12-6-7-13(19)8-15(12)20/h6-9H,2-5,10H2,1H3/b16-14-. The molecule has 0 amide bonds. The van der Waals surface area contributed by atoms with E-state index in [9.17, 15) is 9.18 Å². The maximum atomic E-state index is 14.6. The number of rotatable bonds is 4. The first-order chi connectivity index (χ1) is 12.0. The van der Waals surface area contributed by atoms with Gasteiger partial charge < -0.3 is 4.74 Å². The Hall–Kier alpha value is -1.85. The van der Waals surface area contributed by atoms with Crippen LogP contribution in [0.15, 0.2) is 30.2 Å². The van der Waals surface area contributed by atoms with E-state index in [0.717, 1.165) is 24.0 Å². The molecule has 0 spiro atoms. The number of hydrogen-bond acceptors (Lipinski definition) is 3. The lowest BCUT2D eigenvalue weighted by Crippen LogP contribution is -2.14. The van der Waals surface area contributed by atoms with E-state index in [2.05, 4.69) is 5.10 Å². The molecule has 0 unspecified atom stereocenters. The highest BCUT2D eigenvalue weighted by Crippen LogP contribution is 2.35. The van der Waals surface area contributed by atoms with Crippen LogP contribution in [0.3, 0.4) is 0 Å². The SMILES string of the molecule is CCOC(=O)/C(F)=C1\CCCc2cnn(Cc3ccc(Cl)cc3Cl)c21. The summed E-state index contributed by atoms with van der Waals surface area (Å²) >= 11 is 12.2. The lowest BCUT2D eigenvalue weighted by atomic mass is 9.92. The normalized spacial score (nSPS) is 15.7. The molecule has 132 valence electrons. The third-order valence-corrected chi connectivity index (χ3v) is 4.72. The molecular weight excluding hydrogens is 366 g/mol. The summed E-state index contributed by atoms with van der Waals surface area (Å²) in [6.45, 7) is 2.14. The largest absolute Gasteiger partial charge is 0.461 e. The van der Waals surface area contributed by atoms with Crippen molar-refractivity contribution >= 4 is 34.7 Å². The number of allylic oxidation sites excluding steroid dienone is 1. The van der Waals surface area contributed by atoms with Gasteiger partial charge in [-0.3, -0.25) is 4.68 Å². The zero-order chi connectivity index (χ0) is 18.0. The number of esters is 1. The smallest absolute Gasteiger partial charge is 0.367 e. The van der Waals surface area contributed by atoms with Crippen LogP contribution < -0.4 is 0 Å². The third-order valence-electron chi connectivity index (χ3n) is 4.13. The molecule has 0 radical (unpaired) electrons. The van der Waals surface area contributed by atoms with Crippen LogP contribution in [0, 0.1) is 0 Å². The first kappa shape index (κ1) is 18.0. The number of nitrogens with zero attached hydrogens (tertiary/aromatic N) is 2. The molecule has 25 heavy (non-hydrogen) atoms. The molecule has 1 aliphatic rings. The van der Waals surface area contributed by atoms with Crippen molar-refractivity contribution in [2.45, 2.75) is 32.7 Å². The summed E-state index contributed by atoms with van der Waals surface area (Å²) in [6.07, 6.45) is 3.75. The minimum Gasteiger partial charge on any atom is -0.461 e. The Balaban J connectivity index is 2.00. The number of benzene rings is 1. The average molecular weight is 383 g/mol. The molecule has 0 atom stereocenters. The lowest BCUT2D eigenvalue weighted by Gasteiger charge is -2.18. The van der Waals surface area contributed by atoms with Crippen LogP contribution in [0.4, 0.5) is 4.39 Å². The molecule has 1 aromatic heterocycles. The molecule has 1 aliphatic carbocycles. The van der Waals surface area contributed by atoms with Crippen LogP contribution in [0.2, 0.25) is 10.0 Å². The number of fused-ring (bicyclic) bond motifs is 1. The molecule has 3 rings (SSSR count). The van der Waals surface area contributed by atoms with E-state index in [0.29, 0.717) is 34.3 Å². The number of carbonyl (C=O) groups is 1. The van der Waals surface area contributed by atoms with Crippen molar-refractivity contribution < 1.29 is 13.9 Å². The highest BCUT2D eigenvalue weighted by molar-refractivity contribution is 6.35. The maximum absolute atomic E-state index is 14.6. The van der Waals surface area contributed by atoms with Gasteiger partial charge in [-0.1, -0.05) is 29.3 Å². The summed E-state index contributed by atoms with van der Waals surface area (Å²) in [7, 11) is 0. The molecule has 1 aromatic carbocycles. The molecular formula is C18H17Cl2FN2O2. The molecule has 1 heterocycles. The number of hydrogen-bond donors (Lipinski definition) is 0. The number of aromatic nitrogens is 2. The van der Waals surface area contributed by atoms with Crippen LogP contribution in [-0.4, -0.2) is 22.4 Å². The van der Waals surface area contributed by atoms with Gasteiger partial charge in [0, 0.05) is 15.6 Å². The van der Waals surface area contributed by atoms with Crippen molar-refractivity contribution in [1.29, 1.82) is 0 Å². The van der Waals surface area contributed by atoms with E-state index in [1.165, 1.54) is 0 Å². The Labute approximate surface area is 155 Å². The zero-order valence-electron chi connectivity index (χ0n) is 13.7. The first-order valence-electron chi connectivity index (χ1n) is 8.06. The van der Waals surface area contributed by atoms with E-state index in [-0.39, 0.29) is 6.61 Å². The molecule has 4 nitrogen and oxygen atoms in total. The number of aryl methyl sites for hydroxylation is 1. The Bertz CT molecular complexity index is 846. The molecule has 2 aromatic rings. The first-order valence-corrected chi connectivity index (χ1v) is 8.81. The summed E-state index contributed by atoms with van der Waals surface area (Å²) in [5, 5.41) is 5.43. The van der Waals surface area contributed by atoms with Gasteiger partial charge in [0.1, 0.15) is 0 Å². The monoisotopic (exact) mass is 382 g/mol. The summed E-state index contributed by atoms with van der Waals surface area (Å²) in [4.78, 5) is 11.8. The fraction of sp³-hybridized carbons (Fsp3) is 0.333. The van der Waals surface area contributed by atoms with E-state index >= 15 is 0 Å². The van der Waals surface area contributed by atoms with E-state index < -0.39 is 11.8 Å². The van der Waals surface area contributed by atoms with Gasteiger partial charge in [-0.05, 0) is 49.4 Å². The van der Waals surface area contributed by atoms with Gasteiger partial charge in [-0.2, -0.15) is 9.49 Å². The highest BCUT2D eigenvalue weighted by atomic mass is 35.5. The van der Waals surface area contributed by atoms with Crippen LogP contribution in [-0.2, 0) is 22.5 Å². The van der Waals surface area contributed by atoms with E-state index in [4.69, 9.17) is 27.9 Å². The van der Waals surface area contributed by atoms with Gasteiger partial charge in [-0.25, -0.2) is 4.79 Å². The Morgan fingerprint density at radius 2 is 2.16 bits per heavy atom. The van der Waals surface area contributed by atoms with Crippen molar-refractivity contribution in [1.82, 2.24) is 9.78 Å². The minimum absolute atomic E-state index is 0.131. The fourth-order valence-electron chi connectivity index (χ4n) is 2.99. The van der Waals surface area contributed by atoms with Gasteiger partial charge >= 0.3 is 5.97 Å². The molecule has 0 N–H and O–H groups in total. The maximum Gasteiger partial charge on any atom is 0.367 e. The fourth-order valence-corrected chi connectivity index (χ4v) is 3.46. The highest BCUT2D eigenvalue weighted by Gasteiger charge is 2.27. The van der Waals surface area contributed by atoms with Crippen LogP contribution in [0.25, 0.3) is 5.57 Å². The predicted molar refractivity (Wildman–Crippen MR) is 95.4 cm³/mol. The number of ether oxygens (including phenoxy) is 1. The number of carbonyl (C=O) groups excluding carboxylic acids is 1. The Kier molecular flexibility index (Phi) is 5.45. The second-order valence-electron chi connectivity index (χ2n) is 5.78. The van der Waals surface area contributed by atoms with Crippen LogP contribution >= 0.6 is 23.2 Å². The number of halogens is 3. The van der Waals surface area contributed by atoms with Crippen molar-refractivity contribution in [3.63, 3.8) is 0 Å². The van der Waals surface area contributed by atoms with Gasteiger partial charge in [0.25, 0.3) is 0 Å². The van der Waals surface area contributed by atoms with Crippen LogP contribution in [0.5, 0.6) is 0 Å². The Morgan fingerprint density at radius 3 is 2.88 bits per heavy atom. The molecule has 0 saturated carbocycles. The minimum atomic E-state index is -0.928. The second kappa shape index (κ2) is 7.58. The topological polar surface area (TPSA) is 44.1 Å². The summed E-state index contributed by atoms with van der Waals surface area (Å²) in [5.74, 6) is -1.77.